The molecular formula is C10H7BrF2N4O. The molecule has 1 aromatic carbocycles. The molecule has 0 unspecified atom stereocenters. The van der Waals surface area contributed by atoms with Gasteiger partial charge in [0.15, 0.2) is 17.5 Å². The van der Waals surface area contributed by atoms with Crippen LogP contribution in [0.1, 0.15) is 10.4 Å². The summed E-state index contributed by atoms with van der Waals surface area (Å²) in [6.07, 6.45) is 1.43. The molecule has 0 saturated heterocycles. The number of carbonyl (C=O) groups excluding carboxylic acids is 1. The first-order chi connectivity index (χ1) is 8.49. The Balaban J connectivity index is 2.32. The smallest absolute Gasteiger partial charge is 0.261 e. The van der Waals surface area contributed by atoms with Crippen LogP contribution in [0.15, 0.2) is 22.8 Å². The van der Waals surface area contributed by atoms with Crippen LogP contribution in [-0.4, -0.2) is 20.9 Å². The fourth-order valence-electron chi connectivity index (χ4n) is 1.32. The van der Waals surface area contributed by atoms with E-state index in [2.05, 4.69) is 31.6 Å². The Kier molecular flexibility index (Phi) is 3.37. The van der Waals surface area contributed by atoms with Crippen LogP contribution in [0.3, 0.4) is 0 Å². The van der Waals surface area contributed by atoms with Gasteiger partial charge in [0.25, 0.3) is 5.91 Å². The molecule has 2 rings (SSSR count). The van der Waals surface area contributed by atoms with Crippen molar-refractivity contribution in [2.45, 2.75) is 0 Å². The molecule has 1 amide bonds. The largest absolute Gasteiger partial charge is 0.304 e. The summed E-state index contributed by atoms with van der Waals surface area (Å²) in [4.78, 5) is 11.8. The summed E-state index contributed by atoms with van der Waals surface area (Å²) in [5, 5.41) is 9.53. The standard InChI is InChI=1S/C10H7BrF2N4O/c1-17-4-7(15-16-17)14-10(18)8-5(11)2-3-6(12)9(8)13/h2-4H,1H3,(H,14,18). The lowest BCUT2D eigenvalue weighted by atomic mass is 10.2. The molecule has 1 aromatic heterocycles. The molecule has 5 nitrogen and oxygen atoms in total. The summed E-state index contributed by atoms with van der Waals surface area (Å²) in [6.45, 7) is 0. The predicted octanol–water partition coefficient (Wildman–Crippen LogP) is 2.11. The van der Waals surface area contributed by atoms with Crippen molar-refractivity contribution in [1.82, 2.24) is 15.0 Å². The molecule has 0 fully saturated rings. The molecule has 0 bridgehead atoms. The number of rotatable bonds is 2. The van der Waals surface area contributed by atoms with E-state index in [1.807, 2.05) is 0 Å². The van der Waals surface area contributed by atoms with Crippen molar-refractivity contribution in [2.24, 2.45) is 7.05 Å². The number of aryl methyl sites for hydroxylation is 1. The lowest BCUT2D eigenvalue weighted by Gasteiger charge is -2.05. The van der Waals surface area contributed by atoms with Gasteiger partial charge >= 0.3 is 0 Å². The van der Waals surface area contributed by atoms with Gasteiger partial charge in [0.1, 0.15) is 0 Å². The lowest BCUT2D eigenvalue weighted by Crippen LogP contribution is -2.15. The Morgan fingerprint density at radius 3 is 2.78 bits per heavy atom. The highest BCUT2D eigenvalue weighted by atomic mass is 79.9. The van der Waals surface area contributed by atoms with Gasteiger partial charge < -0.3 is 5.32 Å². The quantitative estimate of drug-likeness (QED) is 0.863. The number of nitrogens with one attached hydrogen (secondary N) is 1. The number of hydrogen-bond acceptors (Lipinski definition) is 3. The van der Waals surface area contributed by atoms with Gasteiger partial charge in [-0.2, -0.15) is 0 Å². The summed E-state index contributed by atoms with van der Waals surface area (Å²) < 4.78 is 28.1. The molecule has 0 atom stereocenters. The Morgan fingerprint density at radius 2 is 2.17 bits per heavy atom. The maximum Gasteiger partial charge on any atom is 0.261 e. The molecule has 0 aliphatic carbocycles. The van der Waals surface area contributed by atoms with Crippen LogP contribution < -0.4 is 5.32 Å². The first kappa shape index (κ1) is 12.6. The number of anilines is 1. The minimum atomic E-state index is -1.22. The predicted molar refractivity (Wildman–Crippen MR) is 63.0 cm³/mol. The lowest BCUT2D eigenvalue weighted by molar-refractivity contribution is 0.102. The maximum absolute atomic E-state index is 13.5. The normalized spacial score (nSPS) is 10.4. The highest BCUT2D eigenvalue weighted by molar-refractivity contribution is 9.10. The van der Waals surface area contributed by atoms with Gasteiger partial charge in [0, 0.05) is 11.5 Å². The van der Waals surface area contributed by atoms with Crippen LogP contribution in [0.25, 0.3) is 0 Å². The molecule has 0 aliphatic heterocycles. The van der Waals surface area contributed by atoms with Gasteiger partial charge in [0.05, 0.1) is 11.8 Å². The fraction of sp³-hybridized carbons (Fsp3) is 0.100. The number of aromatic nitrogens is 3. The van der Waals surface area contributed by atoms with Crippen molar-refractivity contribution < 1.29 is 13.6 Å². The van der Waals surface area contributed by atoms with E-state index in [-0.39, 0.29) is 10.3 Å². The van der Waals surface area contributed by atoms with E-state index in [0.717, 1.165) is 6.07 Å². The summed E-state index contributed by atoms with van der Waals surface area (Å²) in [6, 6.07) is 2.18. The maximum atomic E-state index is 13.5. The van der Waals surface area contributed by atoms with Crippen molar-refractivity contribution in [3.63, 3.8) is 0 Å². The van der Waals surface area contributed by atoms with E-state index in [1.54, 1.807) is 7.05 Å². The van der Waals surface area contributed by atoms with Crippen LogP contribution in [0, 0.1) is 11.6 Å². The first-order valence-electron chi connectivity index (χ1n) is 4.80. The number of halogens is 3. The first-order valence-corrected chi connectivity index (χ1v) is 5.59. The molecule has 1 heterocycles. The Hall–Kier alpha value is -1.83. The van der Waals surface area contributed by atoms with E-state index < -0.39 is 23.1 Å². The van der Waals surface area contributed by atoms with Crippen molar-refractivity contribution in [2.75, 3.05) is 5.32 Å². The molecular weight excluding hydrogens is 310 g/mol. The van der Waals surface area contributed by atoms with E-state index in [4.69, 9.17) is 0 Å². The van der Waals surface area contributed by atoms with Gasteiger partial charge in [-0.05, 0) is 28.1 Å². The van der Waals surface area contributed by atoms with Crippen molar-refractivity contribution in [1.29, 1.82) is 0 Å². The Labute approximate surface area is 109 Å². The van der Waals surface area contributed by atoms with Crippen LogP contribution in [0.4, 0.5) is 14.6 Å². The number of hydrogen-bond donors (Lipinski definition) is 1. The summed E-state index contributed by atoms with van der Waals surface area (Å²) >= 11 is 2.99. The number of benzene rings is 1. The molecule has 0 saturated carbocycles. The third-order valence-electron chi connectivity index (χ3n) is 2.12. The minimum Gasteiger partial charge on any atom is -0.304 e. The van der Waals surface area contributed by atoms with E-state index in [1.165, 1.54) is 16.9 Å². The second-order valence-electron chi connectivity index (χ2n) is 3.45. The zero-order valence-electron chi connectivity index (χ0n) is 9.12. The summed E-state index contributed by atoms with van der Waals surface area (Å²) in [5.74, 6) is -2.97. The summed E-state index contributed by atoms with van der Waals surface area (Å²) in [5.41, 5.74) is -0.416. The topological polar surface area (TPSA) is 59.8 Å². The van der Waals surface area contributed by atoms with Crippen LogP contribution in [0.5, 0.6) is 0 Å². The zero-order chi connectivity index (χ0) is 13.3. The highest BCUT2D eigenvalue weighted by Gasteiger charge is 2.20. The number of carbonyl (C=O) groups is 1. The van der Waals surface area contributed by atoms with Crippen molar-refractivity contribution >= 4 is 27.7 Å². The second-order valence-corrected chi connectivity index (χ2v) is 4.30. The Bertz CT molecular complexity index is 614. The fourth-order valence-corrected chi connectivity index (χ4v) is 1.80. The SMILES string of the molecule is Cn1cc(NC(=O)c2c(Br)ccc(F)c2F)nn1. The van der Waals surface area contributed by atoms with Gasteiger partial charge in [-0.15, -0.1) is 5.10 Å². The molecule has 1 N–H and O–H groups in total. The average Bonchev–Trinajstić information content (AvgIpc) is 2.70. The summed E-state index contributed by atoms with van der Waals surface area (Å²) in [7, 11) is 1.61. The van der Waals surface area contributed by atoms with E-state index in [9.17, 15) is 13.6 Å². The van der Waals surface area contributed by atoms with Gasteiger partial charge in [-0.25, -0.2) is 8.78 Å². The van der Waals surface area contributed by atoms with Crippen LogP contribution >= 0.6 is 15.9 Å². The van der Waals surface area contributed by atoms with Crippen LogP contribution in [0.2, 0.25) is 0 Å². The molecule has 2 aromatic rings. The van der Waals surface area contributed by atoms with Gasteiger partial charge in [0.2, 0.25) is 0 Å². The average molecular weight is 317 g/mol. The zero-order valence-corrected chi connectivity index (χ0v) is 10.7. The minimum absolute atomic E-state index is 0.151. The van der Waals surface area contributed by atoms with Crippen LogP contribution in [-0.2, 0) is 7.05 Å². The highest BCUT2D eigenvalue weighted by Crippen LogP contribution is 2.22. The third kappa shape index (κ3) is 2.37. The molecule has 18 heavy (non-hydrogen) atoms. The third-order valence-corrected chi connectivity index (χ3v) is 2.78. The van der Waals surface area contributed by atoms with Crippen molar-refractivity contribution in [3.8, 4) is 0 Å². The molecule has 0 radical (unpaired) electrons. The molecule has 8 heteroatoms. The molecule has 0 aliphatic rings. The molecule has 94 valence electrons. The van der Waals surface area contributed by atoms with Gasteiger partial charge in [-0.3, -0.25) is 9.48 Å². The number of nitrogens with zero attached hydrogens (tertiary/aromatic N) is 3. The number of amides is 1. The van der Waals surface area contributed by atoms with E-state index in [0.29, 0.717) is 0 Å². The second kappa shape index (κ2) is 4.81. The van der Waals surface area contributed by atoms with E-state index >= 15 is 0 Å². The Morgan fingerprint density at radius 1 is 1.44 bits per heavy atom. The van der Waals surface area contributed by atoms with Crippen molar-refractivity contribution in [3.05, 3.63) is 40.0 Å². The monoisotopic (exact) mass is 316 g/mol. The molecule has 0 spiro atoms. The van der Waals surface area contributed by atoms with Gasteiger partial charge in [-0.1, -0.05) is 5.21 Å².